The predicted molar refractivity (Wildman–Crippen MR) is 172 cm³/mol. The van der Waals surface area contributed by atoms with Crippen molar-refractivity contribution in [3.05, 3.63) is 131 Å². The van der Waals surface area contributed by atoms with Crippen LogP contribution in [-0.4, -0.2) is 43.7 Å². The highest BCUT2D eigenvalue weighted by atomic mass is 15.0. The monoisotopic (exact) mass is 564 g/mol. The zero-order chi connectivity index (χ0) is 28.9. The molecule has 0 aliphatic heterocycles. The van der Waals surface area contributed by atoms with Crippen LogP contribution in [0.4, 0.5) is 0 Å². The van der Waals surface area contributed by atoms with E-state index < -0.39 is 0 Å². The van der Waals surface area contributed by atoms with E-state index >= 15 is 0 Å². The molecule has 8 rings (SSSR count). The molecule has 8 heteroatoms. The van der Waals surface area contributed by atoms with Crippen molar-refractivity contribution < 1.29 is 0 Å². The summed E-state index contributed by atoms with van der Waals surface area (Å²) in [6.45, 7) is 0. The number of rotatable bonds is 8. The smallest absolute Gasteiger partial charge is 0.125 e. The van der Waals surface area contributed by atoms with E-state index in [0.717, 1.165) is 57.7 Å². The van der Waals surface area contributed by atoms with Gasteiger partial charge in [0.15, 0.2) is 0 Å². The van der Waals surface area contributed by atoms with E-state index in [1.54, 1.807) is 0 Å². The Morgan fingerprint density at radius 3 is 1.51 bits per heavy atom. The molecule has 4 aromatic carbocycles. The zero-order valence-corrected chi connectivity index (χ0v) is 23.6. The molecule has 8 nitrogen and oxygen atoms in total. The molecular formula is C35H32N8. The van der Waals surface area contributed by atoms with Crippen LogP contribution >= 0.6 is 0 Å². The van der Waals surface area contributed by atoms with Gasteiger partial charge in [0.2, 0.25) is 0 Å². The second-order valence-electron chi connectivity index (χ2n) is 11.7. The van der Waals surface area contributed by atoms with E-state index in [0.29, 0.717) is 29.9 Å². The maximum absolute atomic E-state index is 6.42. The van der Waals surface area contributed by atoms with E-state index in [1.165, 1.54) is 11.1 Å². The van der Waals surface area contributed by atoms with Gasteiger partial charge in [0.1, 0.15) is 23.3 Å². The number of nitrogens with two attached hydrogens (primary N) is 2. The van der Waals surface area contributed by atoms with Crippen LogP contribution in [0.3, 0.4) is 0 Å². The number of nitrogens with one attached hydrogen (secondary N) is 2. The van der Waals surface area contributed by atoms with Gasteiger partial charge in [-0.2, -0.15) is 0 Å². The Labute approximate surface area is 249 Å². The molecule has 43 heavy (non-hydrogen) atoms. The molecular weight excluding hydrogens is 532 g/mol. The number of hydrogen-bond donors (Lipinski definition) is 4. The van der Waals surface area contributed by atoms with Crippen molar-refractivity contribution in [2.45, 2.75) is 43.2 Å². The summed E-state index contributed by atoms with van der Waals surface area (Å²) in [6.07, 6.45) is 2.62. The van der Waals surface area contributed by atoms with Crippen LogP contribution < -0.4 is 11.5 Å². The van der Waals surface area contributed by atoms with Gasteiger partial charge in [-0.15, -0.1) is 0 Å². The zero-order valence-electron chi connectivity index (χ0n) is 23.6. The topological polar surface area (TPSA) is 134 Å². The number of fused-ring (bicyclic) bond motifs is 2. The Kier molecular flexibility index (Phi) is 6.06. The van der Waals surface area contributed by atoms with E-state index in [-0.39, 0.29) is 12.1 Å². The quantitative estimate of drug-likeness (QED) is 0.142. The third-order valence-corrected chi connectivity index (χ3v) is 8.57. The first-order chi connectivity index (χ1) is 21.1. The minimum absolute atomic E-state index is 0.241. The lowest BCUT2D eigenvalue weighted by Gasteiger charge is -2.02. The maximum Gasteiger partial charge on any atom is 0.125 e. The third kappa shape index (κ3) is 5.16. The molecule has 2 aliphatic rings. The first kappa shape index (κ1) is 25.5. The summed E-state index contributed by atoms with van der Waals surface area (Å²) in [6, 6.07) is 33.5. The number of hydrogen-bond acceptors (Lipinski definition) is 4. The van der Waals surface area contributed by atoms with E-state index in [4.69, 9.17) is 31.4 Å². The summed E-state index contributed by atoms with van der Waals surface area (Å²) in [7, 11) is 0. The molecule has 2 heterocycles. The summed E-state index contributed by atoms with van der Waals surface area (Å²) in [4.78, 5) is 26.1. The number of imidazole rings is 2. The molecule has 6 aromatic rings. The molecule has 2 saturated carbocycles. The van der Waals surface area contributed by atoms with E-state index in [2.05, 4.69) is 58.5 Å². The average molecular weight is 565 g/mol. The molecule has 2 aromatic heterocycles. The Morgan fingerprint density at radius 1 is 0.628 bits per heavy atom. The molecule has 0 spiro atoms. The molecule has 0 bridgehead atoms. The highest BCUT2D eigenvalue weighted by Gasteiger charge is 2.39. The van der Waals surface area contributed by atoms with Gasteiger partial charge >= 0.3 is 0 Å². The first-order valence-corrected chi connectivity index (χ1v) is 14.8. The number of amidine groups is 2. The van der Waals surface area contributed by atoms with Crippen molar-refractivity contribution in [2.24, 2.45) is 21.5 Å². The van der Waals surface area contributed by atoms with Gasteiger partial charge in [-0.25, -0.2) is 9.97 Å². The highest BCUT2D eigenvalue weighted by Crippen LogP contribution is 2.44. The van der Waals surface area contributed by atoms with Crippen molar-refractivity contribution in [3.63, 3.8) is 0 Å². The van der Waals surface area contributed by atoms with Crippen LogP contribution in [0.15, 0.2) is 107 Å². The molecule has 4 atom stereocenters. The van der Waals surface area contributed by atoms with Gasteiger partial charge in [-0.1, -0.05) is 60.7 Å². The Morgan fingerprint density at radius 2 is 1.07 bits per heavy atom. The lowest BCUT2D eigenvalue weighted by molar-refractivity contribution is 0.960. The molecule has 2 fully saturated rings. The van der Waals surface area contributed by atoms with Crippen molar-refractivity contribution in [1.82, 2.24) is 19.9 Å². The molecule has 6 N–H and O–H groups in total. The van der Waals surface area contributed by atoms with Gasteiger partial charge in [-0.3, -0.25) is 9.98 Å². The third-order valence-electron chi connectivity index (χ3n) is 8.57. The second-order valence-corrected chi connectivity index (χ2v) is 11.7. The Bertz CT molecular complexity index is 1860. The molecule has 212 valence electrons. The Hall–Kier alpha value is -5.24. The fraction of sp³-hybridized carbons (Fsp3) is 0.200. The lowest BCUT2D eigenvalue weighted by Crippen LogP contribution is -2.14. The summed E-state index contributed by atoms with van der Waals surface area (Å²) >= 11 is 0. The second kappa shape index (κ2) is 10.2. The standard InChI is InChI=1S/C35H32N8/c36-34(42-28-17-24(28)20-7-3-1-4-8-20)22-11-13-26-30(15-22)40-32(38-26)19-33-39-27-14-12-23(16-31(27)41-33)35(37)43-29-18-25(29)21-9-5-2-6-10-21/h1-16,24-25,28-29H,17-19H2,(H2,36,42)(H2,37,43)(H,38,40)(H,39,41)/t24-,25-,28+,29+/m0/s1. The summed E-state index contributed by atoms with van der Waals surface area (Å²) in [5, 5.41) is 0. The van der Waals surface area contributed by atoms with Crippen molar-refractivity contribution in [3.8, 4) is 0 Å². The normalized spacial score (nSPS) is 21.9. The number of aromatic amines is 2. The largest absolute Gasteiger partial charge is 0.383 e. The van der Waals surface area contributed by atoms with Crippen molar-refractivity contribution >= 4 is 33.7 Å². The summed E-state index contributed by atoms with van der Waals surface area (Å²) < 4.78 is 0. The van der Waals surface area contributed by atoms with E-state index in [9.17, 15) is 0 Å². The number of H-pyrrole nitrogens is 2. The summed E-state index contributed by atoms with van der Waals surface area (Å²) in [5.74, 6) is 3.70. The summed E-state index contributed by atoms with van der Waals surface area (Å²) in [5.41, 5.74) is 20.9. The SMILES string of the molecule is NC(=N[C@@H]1C[C@H]1c1ccccc1)c1ccc2nc(Cc3nc4ccc(C(N)=N[C@@H]5C[C@H]5c5ccccc5)cc4[nH]3)[nH]c2c1. The van der Waals surface area contributed by atoms with Gasteiger partial charge in [0.05, 0.1) is 40.6 Å². The van der Waals surface area contributed by atoms with Gasteiger partial charge in [0.25, 0.3) is 0 Å². The number of benzene rings is 4. The fourth-order valence-electron chi connectivity index (χ4n) is 6.04. The predicted octanol–water partition coefficient (Wildman–Crippen LogP) is 5.55. The minimum atomic E-state index is 0.241. The molecule has 0 saturated heterocycles. The number of aromatic nitrogens is 4. The molecule has 0 unspecified atom stereocenters. The average Bonchev–Trinajstić information content (AvgIpc) is 3.90. The van der Waals surface area contributed by atoms with Gasteiger partial charge in [-0.05, 0) is 60.4 Å². The van der Waals surface area contributed by atoms with E-state index in [1.807, 2.05) is 48.5 Å². The van der Waals surface area contributed by atoms with Crippen LogP contribution in [0.25, 0.3) is 22.1 Å². The molecule has 0 amide bonds. The molecule has 2 aliphatic carbocycles. The van der Waals surface area contributed by atoms with Gasteiger partial charge in [0, 0.05) is 23.0 Å². The van der Waals surface area contributed by atoms with Crippen LogP contribution in [0.1, 0.15) is 58.6 Å². The number of aliphatic imine (C=N–C) groups is 2. The fourth-order valence-corrected chi connectivity index (χ4v) is 6.04. The Balaban J connectivity index is 0.959. The van der Waals surface area contributed by atoms with Crippen LogP contribution in [-0.2, 0) is 6.42 Å². The number of nitrogens with zero attached hydrogens (tertiary/aromatic N) is 4. The minimum Gasteiger partial charge on any atom is -0.383 e. The van der Waals surface area contributed by atoms with Crippen molar-refractivity contribution in [1.29, 1.82) is 0 Å². The highest BCUT2D eigenvalue weighted by molar-refractivity contribution is 6.01. The van der Waals surface area contributed by atoms with Crippen LogP contribution in [0, 0.1) is 0 Å². The first-order valence-electron chi connectivity index (χ1n) is 14.8. The van der Waals surface area contributed by atoms with Crippen LogP contribution in [0.5, 0.6) is 0 Å². The lowest BCUT2D eigenvalue weighted by atomic mass is 10.1. The molecule has 0 radical (unpaired) electrons. The van der Waals surface area contributed by atoms with Crippen molar-refractivity contribution in [2.75, 3.05) is 0 Å². The van der Waals surface area contributed by atoms with Crippen LogP contribution in [0.2, 0.25) is 0 Å². The van der Waals surface area contributed by atoms with Gasteiger partial charge < -0.3 is 21.4 Å². The maximum atomic E-state index is 6.42.